The Morgan fingerprint density at radius 1 is 1.60 bits per heavy atom. The zero-order valence-corrected chi connectivity index (χ0v) is 13.6. The zero-order chi connectivity index (χ0) is 15.1. The van der Waals surface area contributed by atoms with E-state index < -0.39 is 21.5 Å². The molecule has 0 aliphatic carbocycles. The van der Waals surface area contributed by atoms with Crippen LogP contribution in [0.1, 0.15) is 26.7 Å². The van der Waals surface area contributed by atoms with Crippen molar-refractivity contribution in [1.82, 2.24) is 4.31 Å². The van der Waals surface area contributed by atoms with Crippen molar-refractivity contribution < 1.29 is 18.3 Å². The van der Waals surface area contributed by atoms with E-state index >= 15 is 0 Å². The van der Waals surface area contributed by atoms with E-state index in [2.05, 4.69) is 0 Å². The van der Waals surface area contributed by atoms with Crippen LogP contribution in [0.2, 0.25) is 4.34 Å². The van der Waals surface area contributed by atoms with E-state index in [1.165, 1.54) is 21.7 Å². The molecule has 0 saturated carbocycles. The summed E-state index contributed by atoms with van der Waals surface area (Å²) >= 11 is 7.10. The predicted molar refractivity (Wildman–Crippen MR) is 77.7 cm³/mol. The summed E-state index contributed by atoms with van der Waals surface area (Å²) in [6.45, 7) is 3.84. The fourth-order valence-electron chi connectivity index (χ4n) is 2.75. The summed E-state index contributed by atoms with van der Waals surface area (Å²) in [6.07, 6.45) is 0.507. The molecular weight excluding hydrogens is 322 g/mol. The van der Waals surface area contributed by atoms with Gasteiger partial charge in [0.1, 0.15) is 9.23 Å². The van der Waals surface area contributed by atoms with Crippen LogP contribution in [0.25, 0.3) is 0 Å². The molecule has 1 aliphatic rings. The Morgan fingerprint density at radius 2 is 2.25 bits per heavy atom. The number of sulfonamides is 1. The number of thiophene rings is 1. The maximum Gasteiger partial charge on any atom is 0.303 e. The Kier molecular flexibility index (Phi) is 4.17. The molecule has 8 heteroatoms. The first kappa shape index (κ1) is 15.8. The molecule has 1 N–H and O–H groups in total. The van der Waals surface area contributed by atoms with Crippen molar-refractivity contribution in [2.24, 2.45) is 5.92 Å². The van der Waals surface area contributed by atoms with Crippen LogP contribution in [-0.2, 0) is 14.8 Å². The normalized spacial score (nSPS) is 23.1. The number of hydrogen-bond donors (Lipinski definition) is 1. The summed E-state index contributed by atoms with van der Waals surface area (Å²) in [5.74, 6) is -1.08. The van der Waals surface area contributed by atoms with E-state index in [1.54, 1.807) is 5.38 Å². The number of carbonyl (C=O) groups is 1. The maximum atomic E-state index is 12.7. The highest BCUT2D eigenvalue weighted by Gasteiger charge is 2.46. The molecule has 1 aromatic rings. The Hall–Kier alpha value is -0.630. The van der Waals surface area contributed by atoms with E-state index in [9.17, 15) is 13.2 Å². The lowest BCUT2D eigenvalue weighted by molar-refractivity contribution is -0.138. The van der Waals surface area contributed by atoms with Gasteiger partial charge in [0, 0.05) is 18.5 Å². The Labute approximate surface area is 127 Å². The maximum absolute atomic E-state index is 12.7. The third-order valence-corrected chi connectivity index (χ3v) is 7.03. The summed E-state index contributed by atoms with van der Waals surface area (Å²) < 4.78 is 26.9. The molecule has 0 radical (unpaired) electrons. The first-order valence-electron chi connectivity index (χ1n) is 6.12. The van der Waals surface area contributed by atoms with E-state index in [4.69, 9.17) is 16.7 Å². The van der Waals surface area contributed by atoms with Gasteiger partial charge in [-0.05, 0) is 37.6 Å². The summed E-state index contributed by atoms with van der Waals surface area (Å²) in [6, 6.07) is 1.49. The monoisotopic (exact) mass is 337 g/mol. The average molecular weight is 338 g/mol. The molecule has 20 heavy (non-hydrogen) atoms. The lowest BCUT2D eigenvalue weighted by Crippen LogP contribution is -2.42. The van der Waals surface area contributed by atoms with Gasteiger partial charge in [-0.2, -0.15) is 4.31 Å². The van der Waals surface area contributed by atoms with Crippen LogP contribution >= 0.6 is 22.9 Å². The molecule has 0 spiro atoms. The number of hydrogen-bond acceptors (Lipinski definition) is 4. The molecule has 1 aliphatic heterocycles. The lowest BCUT2D eigenvalue weighted by atomic mass is 9.95. The van der Waals surface area contributed by atoms with Gasteiger partial charge < -0.3 is 5.11 Å². The predicted octanol–water partition coefficient (Wildman–Crippen LogP) is 2.67. The van der Waals surface area contributed by atoms with Crippen LogP contribution in [0.4, 0.5) is 0 Å². The van der Waals surface area contributed by atoms with Crippen LogP contribution in [0, 0.1) is 5.92 Å². The molecule has 2 rings (SSSR count). The Morgan fingerprint density at radius 3 is 2.75 bits per heavy atom. The second-order valence-electron chi connectivity index (χ2n) is 5.58. The molecule has 1 aromatic heterocycles. The Balaban J connectivity index is 2.32. The smallest absolute Gasteiger partial charge is 0.303 e. The standard InChI is InChI=1S/C12H16ClNO4S2/c1-12(2)6-8(5-10(15)16)7-14(12)20(17,18)9-3-4-19-11(9)13/h3-4,8H,5-7H2,1-2H3,(H,15,16). The van der Waals surface area contributed by atoms with Crippen molar-refractivity contribution in [3.05, 3.63) is 15.8 Å². The molecule has 0 amide bonds. The van der Waals surface area contributed by atoms with Crippen molar-refractivity contribution in [3.8, 4) is 0 Å². The summed E-state index contributed by atoms with van der Waals surface area (Å²) in [5, 5.41) is 10.5. The Bertz CT molecular complexity index is 623. The van der Waals surface area contributed by atoms with Crippen molar-refractivity contribution in [1.29, 1.82) is 0 Å². The summed E-state index contributed by atoms with van der Waals surface area (Å²) in [4.78, 5) is 10.9. The van der Waals surface area contributed by atoms with Gasteiger partial charge in [0.25, 0.3) is 0 Å². The van der Waals surface area contributed by atoms with Crippen LogP contribution in [-0.4, -0.2) is 35.9 Å². The molecule has 2 heterocycles. The molecule has 5 nitrogen and oxygen atoms in total. The molecule has 1 saturated heterocycles. The fraction of sp³-hybridized carbons (Fsp3) is 0.583. The topological polar surface area (TPSA) is 74.7 Å². The van der Waals surface area contributed by atoms with E-state index in [0.29, 0.717) is 6.42 Å². The van der Waals surface area contributed by atoms with Crippen molar-refractivity contribution in [2.45, 2.75) is 37.1 Å². The number of rotatable bonds is 4. The number of carboxylic acid groups (broad SMARTS) is 1. The van der Waals surface area contributed by atoms with Gasteiger partial charge in [0.05, 0.1) is 0 Å². The molecule has 1 atom stereocenters. The SMILES string of the molecule is CC1(C)CC(CC(=O)O)CN1S(=O)(=O)c1ccsc1Cl. The minimum Gasteiger partial charge on any atom is -0.481 e. The minimum atomic E-state index is -3.68. The molecule has 0 bridgehead atoms. The first-order chi connectivity index (χ1) is 9.14. The molecule has 1 unspecified atom stereocenters. The first-order valence-corrected chi connectivity index (χ1v) is 8.82. The fourth-order valence-corrected chi connectivity index (χ4v) is 6.12. The minimum absolute atomic E-state index is 0.0210. The van der Waals surface area contributed by atoms with Gasteiger partial charge >= 0.3 is 5.97 Å². The summed E-state index contributed by atoms with van der Waals surface area (Å²) in [7, 11) is -3.68. The largest absolute Gasteiger partial charge is 0.481 e. The highest BCUT2D eigenvalue weighted by molar-refractivity contribution is 7.89. The van der Waals surface area contributed by atoms with Crippen molar-refractivity contribution >= 4 is 38.9 Å². The third kappa shape index (κ3) is 2.86. The zero-order valence-electron chi connectivity index (χ0n) is 11.2. The second-order valence-corrected chi connectivity index (χ2v) is 8.92. The van der Waals surface area contributed by atoms with E-state index in [0.717, 1.165) is 0 Å². The second kappa shape index (κ2) is 5.29. The van der Waals surface area contributed by atoms with Crippen LogP contribution in [0.15, 0.2) is 16.3 Å². The molecule has 0 aromatic carbocycles. The van der Waals surface area contributed by atoms with E-state index in [-0.39, 0.29) is 28.1 Å². The summed E-state index contributed by atoms with van der Waals surface area (Å²) in [5.41, 5.74) is -0.607. The lowest BCUT2D eigenvalue weighted by Gasteiger charge is -2.30. The highest BCUT2D eigenvalue weighted by Crippen LogP contribution is 2.40. The van der Waals surface area contributed by atoms with Gasteiger partial charge in [-0.1, -0.05) is 11.6 Å². The number of nitrogens with zero attached hydrogens (tertiary/aromatic N) is 1. The van der Waals surface area contributed by atoms with Crippen LogP contribution in [0.3, 0.4) is 0 Å². The van der Waals surface area contributed by atoms with Crippen LogP contribution in [0.5, 0.6) is 0 Å². The van der Waals surface area contributed by atoms with Gasteiger partial charge in [-0.25, -0.2) is 8.42 Å². The van der Waals surface area contributed by atoms with Gasteiger partial charge in [0.2, 0.25) is 10.0 Å². The van der Waals surface area contributed by atoms with Crippen LogP contribution < -0.4 is 0 Å². The quantitative estimate of drug-likeness (QED) is 0.916. The van der Waals surface area contributed by atoms with Crippen molar-refractivity contribution in [3.63, 3.8) is 0 Å². The highest BCUT2D eigenvalue weighted by atomic mass is 35.5. The number of halogens is 1. The van der Waals surface area contributed by atoms with Gasteiger partial charge in [-0.3, -0.25) is 4.79 Å². The van der Waals surface area contributed by atoms with E-state index in [1.807, 2.05) is 13.8 Å². The molecular formula is C12H16ClNO4S2. The number of aliphatic carboxylic acids is 1. The third-order valence-electron chi connectivity index (χ3n) is 3.50. The average Bonchev–Trinajstić information content (AvgIpc) is 2.81. The van der Waals surface area contributed by atoms with Gasteiger partial charge in [-0.15, -0.1) is 11.3 Å². The molecule has 1 fully saturated rings. The van der Waals surface area contributed by atoms with Gasteiger partial charge in [0.15, 0.2) is 0 Å². The molecule has 112 valence electrons. The number of carboxylic acids is 1. The van der Waals surface area contributed by atoms with Crippen molar-refractivity contribution in [2.75, 3.05) is 6.54 Å².